The zero-order chi connectivity index (χ0) is 9.36. The number of nitrogens with one attached hydrogen (secondary N) is 1. The highest BCUT2D eigenvalue weighted by atomic mass is 15.1. The van der Waals surface area contributed by atoms with Gasteiger partial charge in [-0.3, -0.25) is 0 Å². The van der Waals surface area contributed by atoms with Crippen molar-refractivity contribution in [3.8, 4) is 0 Å². The van der Waals surface area contributed by atoms with Crippen LogP contribution in [0.15, 0.2) is 0 Å². The second-order valence-corrected chi connectivity index (χ2v) is 3.95. The maximum Gasteiger partial charge on any atom is 0.0107 e. The highest BCUT2D eigenvalue weighted by molar-refractivity contribution is 4.60. The molecule has 0 radical (unpaired) electrons. The van der Waals surface area contributed by atoms with Crippen molar-refractivity contribution >= 4 is 0 Å². The van der Waals surface area contributed by atoms with Crippen LogP contribution in [0.3, 0.4) is 0 Å². The molecule has 0 saturated carbocycles. The topological polar surface area (TPSA) is 15.3 Å². The van der Waals surface area contributed by atoms with E-state index in [4.69, 9.17) is 0 Å². The highest BCUT2D eigenvalue weighted by Gasteiger charge is 2.02. The third kappa shape index (κ3) is 5.27. The van der Waals surface area contributed by atoms with Crippen LogP contribution in [0.2, 0.25) is 0 Å². The third-order valence-electron chi connectivity index (χ3n) is 2.88. The molecule has 0 bridgehead atoms. The molecule has 0 atom stereocenters. The lowest BCUT2D eigenvalue weighted by Gasteiger charge is -2.19. The predicted octanol–water partition coefficient (Wildman–Crippen LogP) is 1.86. The average molecular weight is 184 g/mol. The largest absolute Gasteiger partial charge is 0.315 e. The molecule has 1 heterocycles. The third-order valence-corrected chi connectivity index (χ3v) is 2.88. The summed E-state index contributed by atoms with van der Waals surface area (Å²) < 4.78 is 0. The van der Waals surface area contributed by atoms with Crippen molar-refractivity contribution in [1.82, 2.24) is 10.2 Å². The van der Waals surface area contributed by atoms with Crippen LogP contribution in [0.1, 0.15) is 39.0 Å². The van der Waals surface area contributed by atoms with Gasteiger partial charge >= 0.3 is 0 Å². The molecule has 0 aromatic carbocycles. The van der Waals surface area contributed by atoms with Crippen LogP contribution >= 0.6 is 0 Å². The second kappa shape index (κ2) is 7.34. The van der Waals surface area contributed by atoms with Crippen molar-refractivity contribution < 1.29 is 0 Å². The Morgan fingerprint density at radius 2 is 1.69 bits per heavy atom. The molecule has 0 aliphatic carbocycles. The van der Waals surface area contributed by atoms with E-state index in [1.807, 2.05) is 0 Å². The van der Waals surface area contributed by atoms with E-state index in [9.17, 15) is 0 Å². The fourth-order valence-corrected chi connectivity index (χ4v) is 1.91. The number of nitrogens with zero attached hydrogens (tertiary/aromatic N) is 1. The van der Waals surface area contributed by atoms with Crippen LogP contribution in [-0.2, 0) is 0 Å². The minimum atomic E-state index is 1.17. The first-order valence-electron chi connectivity index (χ1n) is 5.86. The Kier molecular flexibility index (Phi) is 6.21. The summed E-state index contributed by atoms with van der Waals surface area (Å²) in [7, 11) is 0. The van der Waals surface area contributed by atoms with Crippen LogP contribution in [-0.4, -0.2) is 37.6 Å². The van der Waals surface area contributed by atoms with E-state index in [1.165, 1.54) is 64.8 Å². The van der Waals surface area contributed by atoms with Gasteiger partial charge in [0.2, 0.25) is 0 Å². The molecule has 0 aromatic rings. The summed E-state index contributed by atoms with van der Waals surface area (Å²) >= 11 is 0. The smallest absolute Gasteiger partial charge is 0.0107 e. The Morgan fingerprint density at radius 3 is 2.54 bits per heavy atom. The van der Waals surface area contributed by atoms with Gasteiger partial charge in [-0.15, -0.1) is 0 Å². The quantitative estimate of drug-likeness (QED) is 0.669. The monoisotopic (exact) mass is 184 g/mol. The SMILES string of the molecule is CCN1CCCCCCCNCC1. The van der Waals surface area contributed by atoms with Gasteiger partial charge in [-0.1, -0.05) is 26.2 Å². The van der Waals surface area contributed by atoms with Gasteiger partial charge in [0.1, 0.15) is 0 Å². The van der Waals surface area contributed by atoms with Gasteiger partial charge in [-0.05, 0) is 32.5 Å². The minimum Gasteiger partial charge on any atom is -0.315 e. The van der Waals surface area contributed by atoms with Crippen LogP contribution in [0.25, 0.3) is 0 Å². The maximum atomic E-state index is 3.51. The molecule has 0 unspecified atom stereocenters. The molecule has 1 fully saturated rings. The first-order chi connectivity index (χ1) is 6.43. The van der Waals surface area contributed by atoms with Gasteiger partial charge in [0, 0.05) is 13.1 Å². The lowest BCUT2D eigenvalue weighted by molar-refractivity contribution is 0.283. The Morgan fingerprint density at radius 1 is 0.923 bits per heavy atom. The summed E-state index contributed by atoms with van der Waals surface area (Å²) in [5, 5.41) is 3.51. The summed E-state index contributed by atoms with van der Waals surface area (Å²) in [6.07, 6.45) is 7.04. The van der Waals surface area contributed by atoms with Gasteiger partial charge in [0.25, 0.3) is 0 Å². The summed E-state index contributed by atoms with van der Waals surface area (Å²) in [5.41, 5.74) is 0. The number of rotatable bonds is 1. The fourth-order valence-electron chi connectivity index (χ4n) is 1.91. The lowest BCUT2D eigenvalue weighted by Crippen LogP contribution is -2.32. The molecule has 1 rings (SSSR count). The van der Waals surface area contributed by atoms with Crippen molar-refractivity contribution in [3.63, 3.8) is 0 Å². The molecule has 0 spiro atoms. The molecular formula is C11H24N2. The van der Waals surface area contributed by atoms with E-state index in [-0.39, 0.29) is 0 Å². The van der Waals surface area contributed by atoms with Crippen LogP contribution in [0, 0.1) is 0 Å². The standard InChI is InChI=1S/C11H24N2/c1-2-13-10-7-5-3-4-6-8-12-9-11-13/h12H,2-11H2,1H3. The van der Waals surface area contributed by atoms with E-state index in [1.54, 1.807) is 0 Å². The average Bonchev–Trinajstić information content (AvgIpc) is 2.22. The van der Waals surface area contributed by atoms with E-state index in [0.29, 0.717) is 0 Å². The minimum absolute atomic E-state index is 1.17. The van der Waals surface area contributed by atoms with Gasteiger partial charge in [-0.2, -0.15) is 0 Å². The molecule has 1 N–H and O–H groups in total. The first kappa shape index (κ1) is 11.0. The Bertz CT molecular complexity index is 103. The molecule has 2 heteroatoms. The van der Waals surface area contributed by atoms with Crippen LogP contribution in [0.4, 0.5) is 0 Å². The summed E-state index contributed by atoms with van der Waals surface area (Å²) in [5.74, 6) is 0. The molecule has 0 aromatic heterocycles. The highest BCUT2D eigenvalue weighted by Crippen LogP contribution is 2.04. The Labute approximate surface area is 82.7 Å². The molecule has 0 amide bonds. The zero-order valence-corrected chi connectivity index (χ0v) is 9.02. The second-order valence-electron chi connectivity index (χ2n) is 3.95. The number of hydrogen-bond acceptors (Lipinski definition) is 2. The van der Waals surface area contributed by atoms with Gasteiger partial charge in [-0.25, -0.2) is 0 Å². The molecule has 1 aliphatic heterocycles. The fraction of sp³-hybridized carbons (Fsp3) is 1.00. The van der Waals surface area contributed by atoms with E-state index >= 15 is 0 Å². The van der Waals surface area contributed by atoms with Crippen molar-refractivity contribution in [2.45, 2.75) is 39.0 Å². The summed E-state index contributed by atoms with van der Waals surface area (Å²) in [6, 6.07) is 0. The Hall–Kier alpha value is -0.0800. The van der Waals surface area contributed by atoms with Gasteiger partial charge in [0.15, 0.2) is 0 Å². The summed E-state index contributed by atoms with van der Waals surface area (Å²) in [4.78, 5) is 2.55. The van der Waals surface area contributed by atoms with Crippen LogP contribution in [0.5, 0.6) is 0 Å². The summed E-state index contributed by atoms with van der Waals surface area (Å²) in [6.45, 7) is 8.40. The number of hydrogen-bond donors (Lipinski definition) is 1. The Balaban J connectivity index is 2.18. The molecule has 78 valence electrons. The maximum absolute atomic E-state index is 3.51. The molecule has 13 heavy (non-hydrogen) atoms. The van der Waals surface area contributed by atoms with Gasteiger partial charge in [0.05, 0.1) is 0 Å². The van der Waals surface area contributed by atoms with Gasteiger partial charge < -0.3 is 10.2 Å². The number of likely N-dealkylation sites (N-methyl/N-ethyl adjacent to an activating group) is 1. The zero-order valence-electron chi connectivity index (χ0n) is 9.02. The molecular weight excluding hydrogens is 160 g/mol. The van der Waals surface area contributed by atoms with E-state index in [0.717, 1.165) is 0 Å². The first-order valence-corrected chi connectivity index (χ1v) is 5.86. The normalized spacial score (nSPS) is 23.8. The predicted molar refractivity (Wildman–Crippen MR) is 58.1 cm³/mol. The lowest BCUT2D eigenvalue weighted by atomic mass is 10.1. The van der Waals surface area contributed by atoms with Crippen molar-refractivity contribution in [1.29, 1.82) is 0 Å². The van der Waals surface area contributed by atoms with E-state index in [2.05, 4.69) is 17.1 Å². The van der Waals surface area contributed by atoms with Crippen molar-refractivity contribution in [2.75, 3.05) is 32.7 Å². The molecule has 1 aliphatic rings. The van der Waals surface area contributed by atoms with Crippen LogP contribution < -0.4 is 5.32 Å². The van der Waals surface area contributed by atoms with Crippen molar-refractivity contribution in [2.24, 2.45) is 0 Å². The van der Waals surface area contributed by atoms with E-state index < -0.39 is 0 Å². The van der Waals surface area contributed by atoms with Crippen molar-refractivity contribution in [3.05, 3.63) is 0 Å². The molecule has 1 saturated heterocycles. The molecule has 2 nitrogen and oxygen atoms in total.